The van der Waals surface area contributed by atoms with Gasteiger partial charge in [-0.05, 0) is 0 Å². The molecule has 0 aliphatic heterocycles. The van der Waals surface area contributed by atoms with Gasteiger partial charge in [-0.1, -0.05) is 0 Å². The van der Waals surface area contributed by atoms with Crippen molar-refractivity contribution in [2.75, 3.05) is 0 Å². The maximum atomic E-state index is 0. The van der Waals surface area contributed by atoms with Crippen molar-refractivity contribution < 1.29 is 73.1 Å². The van der Waals surface area contributed by atoms with Crippen LogP contribution in [0.1, 0.15) is 0 Å². The van der Waals surface area contributed by atoms with Gasteiger partial charge in [0.2, 0.25) is 0 Å². The normalized spacial score (nSPS) is 0. The molecule has 6 N–H and O–H groups in total. The van der Waals surface area contributed by atoms with E-state index in [9.17, 15) is 0 Å². The smallest absolute Gasteiger partial charge is 1.00 e. The van der Waals surface area contributed by atoms with E-state index in [0.717, 1.165) is 0 Å². The molecule has 0 saturated carbocycles. The fourth-order valence-corrected chi connectivity index (χ4v) is 0. The molecule has 7 heteroatoms. The van der Waals surface area contributed by atoms with Crippen LogP contribution in [0.15, 0.2) is 0 Å². The first-order valence-corrected chi connectivity index (χ1v) is 0. The number of rotatable bonds is 0. The Morgan fingerprint density at radius 2 is 0.429 bits per heavy atom. The molecule has 0 aliphatic carbocycles. The second kappa shape index (κ2) is 159. The molecule has 0 saturated heterocycles. The summed E-state index contributed by atoms with van der Waals surface area (Å²) in [4.78, 5) is 0. The van der Waals surface area contributed by atoms with Gasteiger partial charge in [0, 0.05) is 0 Å². The molecule has 0 amide bonds. The molecule has 3 nitrogen and oxygen atoms in total. The van der Waals surface area contributed by atoms with E-state index in [1.54, 1.807) is 0 Å². The van der Waals surface area contributed by atoms with Crippen LogP contribution in [0.3, 0.4) is 0 Å². The maximum absolute atomic E-state index is 0. The Morgan fingerprint density at radius 3 is 0.429 bits per heavy atom. The Morgan fingerprint density at radius 1 is 0.429 bits per heavy atom. The van der Waals surface area contributed by atoms with Crippen molar-refractivity contribution in [1.82, 2.24) is 0 Å². The molecule has 0 heterocycles. The van der Waals surface area contributed by atoms with Gasteiger partial charge in [-0.15, -0.1) is 0 Å². The third-order valence-corrected chi connectivity index (χ3v) is 0. The zero-order chi connectivity index (χ0) is 0. The number of halogens is 3. The second-order valence-corrected chi connectivity index (χ2v) is 0. The summed E-state index contributed by atoms with van der Waals surface area (Å²) in [6.45, 7) is 0. The molecule has 0 bridgehead atoms. The van der Waals surface area contributed by atoms with E-state index in [1.165, 1.54) is 0 Å². The maximum Gasteiger partial charge on any atom is 2.00 e. The van der Waals surface area contributed by atoms with Crippen LogP contribution in [0.2, 0.25) is 0 Å². The molecule has 7 heavy (non-hydrogen) atoms. The molecule has 1 radical (unpaired) electrons. The summed E-state index contributed by atoms with van der Waals surface area (Å²) in [5, 5.41) is 0. The molecular formula is H6Cl3O3Rh-. The van der Waals surface area contributed by atoms with Crippen molar-refractivity contribution in [3.05, 3.63) is 0 Å². The first-order chi connectivity index (χ1) is 0. The molecular weight excluding hydrogens is 257 g/mol. The average molecular weight is 263 g/mol. The SMILES string of the molecule is O.O.O.[Cl-].[Cl-].[Cl-].[Rh+2]. The molecule has 0 fully saturated rings. The fraction of sp³-hybridized carbons (Fsp3) is 0. The zero-order valence-electron chi connectivity index (χ0n) is 2.97. The molecule has 0 atom stereocenters. The molecule has 0 aromatic heterocycles. The van der Waals surface area contributed by atoms with Gasteiger partial charge in [-0.2, -0.15) is 0 Å². The predicted octanol–water partition coefficient (Wildman–Crippen LogP) is -11.5. The van der Waals surface area contributed by atoms with E-state index in [4.69, 9.17) is 0 Å². The Bertz CT molecular complexity index is 10.1. The summed E-state index contributed by atoms with van der Waals surface area (Å²) >= 11 is 0. The van der Waals surface area contributed by atoms with Gasteiger partial charge in [0.05, 0.1) is 0 Å². The number of hydrogen-bond acceptors (Lipinski definition) is 0. The van der Waals surface area contributed by atoms with Crippen molar-refractivity contribution in [2.45, 2.75) is 0 Å². The van der Waals surface area contributed by atoms with Crippen LogP contribution >= 0.6 is 0 Å². The first-order valence-electron chi connectivity index (χ1n) is 0. The minimum absolute atomic E-state index is 0. The van der Waals surface area contributed by atoms with Crippen molar-refractivity contribution in [2.24, 2.45) is 0 Å². The molecule has 55 valence electrons. The van der Waals surface area contributed by atoms with Gasteiger partial charge >= 0.3 is 19.5 Å². The quantitative estimate of drug-likeness (QED) is 0.388. The molecule has 0 aliphatic rings. The summed E-state index contributed by atoms with van der Waals surface area (Å²) in [6, 6.07) is 0. The number of hydrogen-bond donors (Lipinski definition) is 0. The van der Waals surface area contributed by atoms with Crippen LogP contribution in [0, 0.1) is 0 Å². The Labute approximate surface area is 73.2 Å². The van der Waals surface area contributed by atoms with Gasteiger partial charge in [0.1, 0.15) is 0 Å². The fourth-order valence-electron chi connectivity index (χ4n) is 0. The zero-order valence-corrected chi connectivity index (χ0v) is 6.87. The second-order valence-electron chi connectivity index (χ2n) is 0. The Balaban J connectivity index is 0. The predicted molar refractivity (Wildman–Crippen MR) is 10.8 cm³/mol. The monoisotopic (exact) mass is 262 g/mol. The Kier molecular flexibility index (Phi) is 5470. The van der Waals surface area contributed by atoms with Crippen LogP contribution in [0.5, 0.6) is 0 Å². The molecule has 0 aromatic carbocycles. The van der Waals surface area contributed by atoms with Gasteiger partial charge < -0.3 is 53.6 Å². The summed E-state index contributed by atoms with van der Waals surface area (Å²) < 4.78 is 0. The van der Waals surface area contributed by atoms with Gasteiger partial charge in [0.15, 0.2) is 0 Å². The van der Waals surface area contributed by atoms with E-state index in [-0.39, 0.29) is 73.1 Å². The molecule has 0 spiro atoms. The van der Waals surface area contributed by atoms with E-state index < -0.39 is 0 Å². The summed E-state index contributed by atoms with van der Waals surface area (Å²) in [5.41, 5.74) is 0. The minimum atomic E-state index is 0. The van der Waals surface area contributed by atoms with Crippen molar-refractivity contribution in [3.63, 3.8) is 0 Å². The van der Waals surface area contributed by atoms with Gasteiger partial charge in [-0.3, -0.25) is 0 Å². The van der Waals surface area contributed by atoms with Crippen LogP contribution in [0.25, 0.3) is 0 Å². The van der Waals surface area contributed by atoms with Gasteiger partial charge in [-0.25, -0.2) is 0 Å². The molecule has 0 aromatic rings. The minimum Gasteiger partial charge on any atom is -1.00 e. The Hall–Kier alpha value is 1.37. The topological polar surface area (TPSA) is 94.5 Å². The summed E-state index contributed by atoms with van der Waals surface area (Å²) in [7, 11) is 0. The largest absolute Gasteiger partial charge is 2.00 e. The summed E-state index contributed by atoms with van der Waals surface area (Å²) in [5.74, 6) is 0. The molecule has 0 unspecified atom stereocenters. The van der Waals surface area contributed by atoms with Crippen molar-refractivity contribution >= 4 is 0 Å². The van der Waals surface area contributed by atoms with Crippen molar-refractivity contribution in [1.29, 1.82) is 0 Å². The van der Waals surface area contributed by atoms with E-state index >= 15 is 0 Å². The third kappa shape index (κ3) is 113. The standard InChI is InChI=1S/3ClH.3H2O.Rh/h3*1H;3*1H2;/q;;;;;;+2/p-3. The van der Waals surface area contributed by atoms with Crippen LogP contribution in [-0.4, -0.2) is 16.4 Å². The molecule has 0 rings (SSSR count). The van der Waals surface area contributed by atoms with Crippen molar-refractivity contribution in [3.8, 4) is 0 Å². The van der Waals surface area contributed by atoms with Crippen LogP contribution < -0.4 is 37.2 Å². The van der Waals surface area contributed by atoms with Gasteiger partial charge in [0.25, 0.3) is 0 Å². The van der Waals surface area contributed by atoms with Crippen LogP contribution in [0.4, 0.5) is 0 Å². The third-order valence-electron chi connectivity index (χ3n) is 0. The van der Waals surface area contributed by atoms with E-state index in [2.05, 4.69) is 0 Å². The average Bonchev–Trinajstić information content (AvgIpc) is 0. The van der Waals surface area contributed by atoms with E-state index in [1.807, 2.05) is 0 Å². The summed E-state index contributed by atoms with van der Waals surface area (Å²) in [6.07, 6.45) is 0. The van der Waals surface area contributed by atoms with Crippen LogP contribution in [-0.2, 0) is 19.5 Å². The van der Waals surface area contributed by atoms with E-state index in [0.29, 0.717) is 0 Å². The first kappa shape index (κ1) is 241.